The summed E-state index contributed by atoms with van der Waals surface area (Å²) in [5.41, 5.74) is 2.10. The van der Waals surface area contributed by atoms with Crippen molar-refractivity contribution in [1.29, 1.82) is 0 Å². The lowest BCUT2D eigenvalue weighted by Gasteiger charge is -2.26. The van der Waals surface area contributed by atoms with E-state index in [9.17, 15) is 10.2 Å². The van der Waals surface area contributed by atoms with Gasteiger partial charge in [-0.2, -0.15) is 0 Å². The molecule has 0 aliphatic carbocycles. The van der Waals surface area contributed by atoms with Crippen LogP contribution in [0, 0.1) is 0 Å². The number of phenolic OH excluding ortho intramolecular Hbond substituents is 2. The molecule has 0 spiro atoms. The van der Waals surface area contributed by atoms with Crippen LogP contribution in [-0.2, 0) is 5.41 Å². The van der Waals surface area contributed by atoms with Crippen LogP contribution in [0.1, 0.15) is 93.2 Å². The number of aromatic hydroxyl groups is 2. The fraction of sp³-hybridized carbons (Fsp3) is 0.520. The van der Waals surface area contributed by atoms with Crippen LogP contribution in [0.15, 0.2) is 48.5 Å². The smallest absolute Gasteiger partial charge is 0.115 e. The van der Waals surface area contributed by atoms with Gasteiger partial charge in [0.2, 0.25) is 0 Å². The molecule has 0 atom stereocenters. The summed E-state index contributed by atoms with van der Waals surface area (Å²) in [5.74, 6) is 0.547. The fourth-order valence-corrected chi connectivity index (χ4v) is 1.92. The van der Waals surface area contributed by atoms with E-state index in [2.05, 4.69) is 41.5 Å². The zero-order valence-electron chi connectivity index (χ0n) is 19.4. The summed E-state index contributed by atoms with van der Waals surface area (Å²) in [5, 5.41) is 18.6. The summed E-state index contributed by atoms with van der Waals surface area (Å²) in [4.78, 5) is 0. The van der Waals surface area contributed by atoms with Gasteiger partial charge in [-0.1, -0.05) is 106 Å². The Hall–Kier alpha value is -1.96. The summed E-state index contributed by atoms with van der Waals surface area (Å²) in [6.07, 6.45) is 2.50. The third-order valence-corrected chi connectivity index (χ3v) is 3.18. The van der Waals surface area contributed by atoms with Gasteiger partial charge in [-0.25, -0.2) is 0 Å². The van der Waals surface area contributed by atoms with Gasteiger partial charge >= 0.3 is 0 Å². The van der Waals surface area contributed by atoms with E-state index in [1.54, 1.807) is 24.3 Å². The van der Waals surface area contributed by atoms with Gasteiger partial charge in [0.05, 0.1) is 0 Å². The molecule has 0 radical (unpaired) electrons. The van der Waals surface area contributed by atoms with E-state index in [0.29, 0.717) is 0 Å². The summed E-state index contributed by atoms with van der Waals surface area (Å²) in [6.45, 7) is 20.7. The van der Waals surface area contributed by atoms with Gasteiger partial charge in [0.15, 0.2) is 0 Å². The predicted molar refractivity (Wildman–Crippen MR) is 123 cm³/mol. The first kappa shape index (κ1) is 29.8. The maximum absolute atomic E-state index is 9.30. The minimum Gasteiger partial charge on any atom is -0.508 e. The molecule has 0 fully saturated rings. The largest absolute Gasteiger partial charge is 0.508 e. The van der Waals surface area contributed by atoms with Crippen LogP contribution in [0.25, 0.3) is 0 Å². The third kappa shape index (κ3) is 12.9. The van der Waals surface area contributed by atoms with Crippen LogP contribution in [0.5, 0.6) is 11.5 Å². The molecule has 2 N–H and O–H groups in total. The van der Waals surface area contributed by atoms with Crippen molar-refractivity contribution in [3.63, 3.8) is 0 Å². The normalized spacial score (nSPS) is 8.96. The Bertz CT molecular complexity index is 476. The van der Waals surface area contributed by atoms with Crippen LogP contribution in [0.4, 0.5) is 0 Å². The Labute approximate surface area is 169 Å². The lowest BCUT2D eigenvalue weighted by Crippen LogP contribution is -2.18. The molecule has 2 heteroatoms. The van der Waals surface area contributed by atoms with Crippen molar-refractivity contribution in [3.05, 3.63) is 59.7 Å². The molecule has 156 valence electrons. The maximum atomic E-state index is 9.30. The molecule has 2 aromatic rings. The Morgan fingerprint density at radius 3 is 0.926 bits per heavy atom. The molecule has 0 aromatic heterocycles. The number of hydrogen-bond donors (Lipinski definition) is 2. The van der Waals surface area contributed by atoms with E-state index in [1.807, 2.05) is 52.0 Å². The molecule has 0 unspecified atom stereocenters. The van der Waals surface area contributed by atoms with E-state index < -0.39 is 0 Å². The lowest BCUT2D eigenvalue weighted by atomic mass is 9.78. The van der Waals surface area contributed by atoms with Crippen molar-refractivity contribution in [1.82, 2.24) is 0 Å². The average Bonchev–Trinajstić information content (AvgIpc) is 2.67. The van der Waals surface area contributed by atoms with E-state index in [1.165, 1.54) is 12.8 Å². The molecule has 0 saturated carbocycles. The van der Waals surface area contributed by atoms with Gasteiger partial charge in [0.25, 0.3) is 0 Å². The highest BCUT2D eigenvalue weighted by Crippen LogP contribution is 2.32. The topological polar surface area (TPSA) is 40.5 Å². The van der Waals surface area contributed by atoms with Crippen LogP contribution in [0.3, 0.4) is 0 Å². The summed E-state index contributed by atoms with van der Waals surface area (Å²) < 4.78 is 0. The highest BCUT2D eigenvalue weighted by Gasteiger charge is 2.22. The van der Waals surface area contributed by atoms with Gasteiger partial charge in [0, 0.05) is 5.41 Å². The van der Waals surface area contributed by atoms with Gasteiger partial charge in [-0.05, 0) is 35.4 Å². The molecule has 2 aromatic carbocycles. The third-order valence-electron chi connectivity index (χ3n) is 3.18. The Kier molecular flexibility index (Phi) is 20.8. The quantitative estimate of drug-likeness (QED) is 0.553. The number of phenols is 2. The zero-order chi connectivity index (χ0) is 21.9. The molecule has 0 amide bonds. The van der Waals surface area contributed by atoms with Crippen LogP contribution in [-0.4, -0.2) is 10.2 Å². The predicted octanol–water partition coefficient (Wildman–Crippen LogP) is 8.31. The number of hydrogen-bond acceptors (Lipinski definition) is 2. The monoisotopic (exact) mass is 376 g/mol. The highest BCUT2D eigenvalue weighted by atomic mass is 16.3. The molecule has 0 aliphatic heterocycles. The second-order valence-corrected chi connectivity index (χ2v) is 6.13. The van der Waals surface area contributed by atoms with Crippen molar-refractivity contribution in [2.45, 2.75) is 87.5 Å². The molecular formula is C25H44O2. The molecule has 27 heavy (non-hydrogen) atoms. The first-order valence-corrected chi connectivity index (χ1v) is 10.4. The SMILES string of the molecule is CC.CC.CC(C)(c1ccc(O)cc1)c1ccc(O)cc1.CCC.CCC. The van der Waals surface area contributed by atoms with Gasteiger partial charge in [-0.15, -0.1) is 0 Å². The van der Waals surface area contributed by atoms with E-state index in [-0.39, 0.29) is 16.9 Å². The summed E-state index contributed by atoms with van der Waals surface area (Å²) in [7, 11) is 0. The number of benzene rings is 2. The molecule has 0 saturated heterocycles. The first-order chi connectivity index (χ1) is 12.8. The van der Waals surface area contributed by atoms with Crippen molar-refractivity contribution in [2.24, 2.45) is 0 Å². The molecular weight excluding hydrogens is 332 g/mol. The van der Waals surface area contributed by atoms with Crippen LogP contribution < -0.4 is 0 Å². The number of rotatable bonds is 2. The van der Waals surface area contributed by atoms with Crippen LogP contribution >= 0.6 is 0 Å². The average molecular weight is 377 g/mol. The van der Waals surface area contributed by atoms with Gasteiger partial charge < -0.3 is 10.2 Å². The second-order valence-electron chi connectivity index (χ2n) is 6.13. The van der Waals surface area contributed by atoms with Gasteiger partial charge in [0.1, 0.15) is 11.5 Å². The van der Waals surface area contributed by atoms with Crippen molar-refractivity contribution in [2.75, 3.05) is 0 Å². The van der Waals surface area contributed by atoms with Crippen LogP contribution in [0.2, 0.25) is 0 Å². The molecule has 0 bridgehead atoms. The highest BCUT2D eigenvalue weighted by molar-refractivity contribution is 5.41. The van der Waals surface area contributed by atoms with E-state index in [4.69, 9.17) is 0 Å². The molecule has 2 nitrogen and oxygen atoms in total. The summed E-state index contributed by atoms with van der Waals surface area (Å²) >= 11 is 0. The van der Waals surface area contributed by atoms with Crippen molar-refractivity contribution in [3.8, 4) is 11.5 Å². The van der Waals surface area contributed by atoms with E-state index in [0.717, 1.165) is 11.1 Å². The zero-order valence-corrected chi connectivity index (χ0v) is 19.4. The Morgan fingerprint density at radius 1 is 0.556 bits per heavy atom. The van der Waals surface area contributed by atoms with Crippen molar-refractivity contribution >= 4 is 0 Å². The minimum absolute atomic E-state index is 0.151. The Balaban J connectivity index is -0.000000491. The Morgan fingerprint density at radius 2 is 0.741 bits per heavy atom. The lowest BCUT2D eigenvalue weighted by molar-refractivity contribution is 0.474. The molecule has 2 rings (SSSR count). The minimum atomic E-state index is -0.151. The second kappa shape index (κ2) is 18.8. The maximum Gasteiger partial charge on any atom is 0.115 e. The fourth-order valence-electron chi connectivity index (χ4n) is 1.92. The summed E-state index contributed by atoms with van der Waals surface area (Å²) in [6, 6.07) is 14.4. The standard InChI is InChI=1S/C15H16O2.2C3H8.2C2H6/c1-15(2,11-3-7-13(16)8-4-11)12-5-9-14(17)10-6-12;2*1-3-2;2*1-2/h3-10,16-17H,1-2H3;2*3H2,1-2H3;2*1-2H3. The molecule has 0 heterocycles. The first-order valence-electron chi connectivity index (χ1n) is 10.4. The van der Waals surface area contributed by atoms with Crippen molar-refractivity contribution < 1.29 is 10.2 Å². The van der Waals surface area contributed by atoms with E-state index >= 15 is 0 Å². The molecule has 0 aliphatic rings. The van der Waals surface area contributed by atoms with Gasteiger partial charge in [-0.3, -0.25) is 0 Å².